The van der Waals surface area contributed by atoms with Gasteiger partial charge >= 0.3 is 11.9 Å². The molecule has 0 bridgehead atoms. The van der Waals surface area contributed by atoms with Crippen molar-refractivity contribution in [2.24, 2.45) is 0 Å². The average Bonchev–Trinajstić information content (AvgIpc) is 3.87. The number of esters is 2. The Morgan fingerprint density at radius 1 is 0.717 bits per heavy atom. The Hall–Kier alpha value is -4.38. The number of methoxy groups -OCH3 is 2. The van der Waals surface area contributed by atoms with Gasteiger partial charge < -0.3 is 18.9 Å². The van der Waals surface area contributed by atoms with Crippen molar-refractivity contribution >= 4 is 27.9 Å². The lowest BCUT2D eigenvalue weighted by molar-refractivity contribution is 0.0583. The van der Waals surface area contributed by atoms with E-state index in [9.17, 15) is 18.4 Å². The number of carbonyl (C=O) groups excluding carboxylic acids is 2. The predicted molar refractivity (Wildman–Crippen MR) is 173 cm³/mol. The van der Waals surface area contributed by atoms with Crippen LogP contribution in [0.1, 0.15) is 72.7 Å². The summed E-state index contributed by atoms with van der Waals surface area (Å²) in [6.45, 7) is 7.41. The summed E-state index contributed by atoms with van der Waals surface area (Å²) in [4.78, 5) is 32.9. The topological polar surface area (TPSA) is 96.8 Å². The van der Waals surface area contributed by atoms with Crippen LogP contribution in [0, 0.1) is 11.6 Å². The molecule has 5 rings (SSSR count). The van der Waals surface area contributed by atoms with E-state index in [1.165, 1.54) is 38.5 Å². The van der Waals surface area contributed by atoms with E-state index in [-0.39, 0.29) is 41.2 Å². The Kier molecular flexibility index (Phi) is 11.4. The van der Waals surface area contributed by atoms with Gasteiger partial charge in [-0.3, -0.25) is 0 Å². The number of rotatable bonds is 9. The van der Waals surface area contributed by atoms with E-state index in [2.05, 4.69) is 25.9 Å². The summed E-state index contributed by atoms with van der Waals surface area (Å²) < 4.78 is 47.8. The fraction of sp³-hybridized carbons (Fsp3) is 0.314. The van der Waals surface area contributed by atoms with E-state index in [0.717, 1.165) is 29.7 Å². The summed E-state index contributed by atoms with van der Waals surface area (Å²) in [6.07, 6.45) is 1.83. The first-order valence-electron chi connectivity index (χ1n) is 14.7. The molecule has 0 unspecified atom stereocenters. The second-order valence-electron chi connectivity index (χ2n) is 11.1. The Morgan fingerprint density at radius 2 is 1.13 bits per heavy atom. The summed E-state index contributed by atoms with van der Waals surface area (Å²) >= 11 is 3.38. The fourth-order valence-corrected chi connectivity index (χ4v) is 5.02. The molecule has 0 atom stereocenters. The summed E-state index contributed by atoms with van der Waals surface area (Å²) in [5.41, 5.74) is 4.36. The molecule has 1 aliphatic rings. The molecule has 0 N–H and O–H groups in total. The lowest BCUT2D eigenvalue weighted by atomic mass is 10.00. The van der Waals surface area contributed by atoms with Crippen LogP contribution in [-0.4, -0.2) is 48.3 Å². The van der Waals surface area contributed by atoms with Gasteiger partial charge in [-0.15, -0.1) is 0 Å². The average molecular weight is 698 g/mol. The number of hydrogen-bond acceptors (Lipinski definition) is 8. The number of pyridine rings is 2. The number of hydrogen-bond donors (Lipinski definition) is 0. The van der Waals surface area contributed by atoms with Gasteiger partial charge in [0.1, 0.15) is 22.8 Å². The molecule has 8 nitrogen and oxygen atoms in total. The van der Waals surface area contributed by atoms with Crippen LogP contribution in [0.5, 0.6) is 11.8 Å². The molecular formula is C35H35BrF2N2O6. The number of benzene rings is 2. The largest absolute Gasteiger partial charge is 0.474 e. The Bertz CT molecular complexity index is 1690. The molecule has 46 heavy (non-hydrogen) atoms. The molecule has 0 aliphatic heterocycles. The highest BCUT2D eigenvalue weighted by Gasteiger charge is 2.31. The van der Waals surface area contributed by atoms with Crippen molar-refractivity contribution in [1.29, 1.82) is 0 Å². The normalized spacial score (nSPS) is 12.3. The maximum atomic E-state index is 13.2. The molecule has 0 spiro atoms. The Morgan fingerprint density at radius 3 is 1.54 bits per heavy atom. The number of aromatic nitrogens is 2. The minimum atomic E-state index is -0.533. The van der Waals surface area contributed by atoms with E-state index in [0.29, 0.717) is 27.2 Å². The predicted octanol–water partition coefficient (Wildman–Crippen LogP) is 8.56. The molecule has 11 heteroatoms. The second-order valence-corrected chi connectivity index (χ2v) is 11.9. The SMILES string of the molecule is COC(=O)c1cc(Br)c(-c2ccc(F)cc2)nc1OC(C)C.COC(=O)c1cc(C2CC2)c(-c2ccc(F)cc2)nc1OC(C)C. The molecule has 2 aromatic heterocycles. The Labute approximate surface area is 275 Å². The van der Waals surface area contributed by atoms with Gasteiger partial charge in [0.2, 0.25) is 11.8 Å². The van der Waals surface area contributed by atoms with Crippen LogP contribution < -0.4 is 9.47 Å². The Balaban J connectivity index is 0.000000210. The van der Waals surface area contributed by atoms with Gasteiger partial charge in [-0.1, -0.05) is 0 Å². The minimum absolute atomic E-state index is 0.131. The van der Waals surface area contributed by atoms with Crippen LogP contribution in [0.4, 0.5) is 8.78 Å². The van der Waals surface area contributed by atoms with E-state index in [4.69, 9.17) is 18.9 Å². The van der Waals surface area contributed by atoms with Gasteiger partial charge in [0.05, 0.1) is 37.8 Å². The number of halogens is 3. The molecule has 1 aliphatic carbocycles. The summed E-state index contributed by atoms with van der Waals surface area (Å²) in [6, 6.07) is 15.5. The van der Waals surface area contributed by atoms with Gasteiger partial charge in [-0.25, -0.2) is 28.3 Å². The van der Waals surface area contributed by atoms with Crippen LogP contribution in [-0.2, 0) is 9.47 Å². The first kappa shape index (κ1) is 34.5. The maximum absolute atomic E-state index is 13.2. The molecule has 4 aromatic rings. The first-order chi connectivity index (χ1) is 21.9. The van der Waals surface area contributed by atoms with Crippen molar-refractivity contribution in [3.8, 4) is 34.3 Å². The van der Waals surface area contributed by atoms with Crippen LogP contribution in [0.15, 0.2) is 65.1 Å². The van der Waals surface area contributed by atoms with Crippen LogP contribution >= 0.6 is 15.9 Å². The van der Waals surface area contributed by atoms with Crippen LogP contribution in [0.3, 0.4) is 0 Å². The standard InChI is InChI=1S/C19H20FNO3.C16H15BrFNO3/c1-11(2)24-18-16(19(22)23-3)10-15(12-4-5-12)17(21-18)13-6-8-14(20)9-7-13;1-9(2)22-15-12(16(20)21-3)8-13(17)14(19-15)10-4-6-11(18)7-5-10/h6-12H,4-5H2,1-3H3;4-9H,1-3H3. The van der Waals surface area contributed by atoms with Crippen molar-refractivity contribution in [3.63, 3.8) is 0 Å². The molecular weight excluding hydrogens is 662 g/mol. The number of ether oxygens (including phenoxy) is 4. The molecule has 1 fully saturated rings. The van der Waals surface area contributed by atoms with Crippen molar-refractivity contribution < 1.29 is 37.3 Å². The van der Waals surface area contributed by atoms with Gasteiger partial charge in [-0.2, -0.15) is 0 Å². The van der Waals surface area contributed by atoms with E-state index < -0.39 is 11.9 Å². The first-order valence-corrected chi connectivity index (χ1v) is 15.5. The molecule has 1 saturated carbocycles. The van der Waals surface area contributed by atoms with Gasteiger partial charge in [0.15, 0.2) is 0 Å². The van der Waals surface area contributed by atoms with Crippen molar-refractivity contribution in [2.75, 3.05) is 14.2 Å². The fourth-order valence-electron chi connectivity index (χ4n) is 4.48. The van der Waals surface area contributed by atoms with Gasteiger partial charge in [0, 0.05) is 15.6 Å². The third kappa shape index (κ3) is 8.66. The highest BCUT2D eigenvalue weighted by Crippen LogP contribution is 2.45. The number of carbonyl (C=O) groups is 2. The van der Waals surface area contributed by atoms with Crippen LogP contribution in [0.25, 0.3) is 22.5 Å². The molecule has 0 radical (unpaired) electrons. The minimum Gasteiger partial charge on any atom is -0.474 e. The molecule has 0 saturated heterocycles. The van der Waals surface area contributed by atoms with Gasteiger partial charge in [0.25, 0.3) is 0 Å². The van der Waals surface area contributed by atoms with E-state index in [1.807, 2.05) is 33.8 Å². The smallest absolute Gasteiger partial charge is 0.343 e. The zero-order chi connectivity index (χ0) is 33.5. The molecule has 2 aromatic carbocycles. The highest BCUT2D eigenvalue weighted by atomic mass is 79.9. The molecule has 0 amide bonds. The summed E-state index contributed by atoms with van der Waals surface area (Å²) in [5.74, 6) is -0.819. The zero-order valence-corrected chi connectivity index (χ0v) is 28.0. The van der Waals surface area contributed by atoms with Crippen LogP contribution in [0.2, 0.25) is 0 Å². The van der Waals surface area contributed by atoms with E-state index >= 15 is 0 Å². The lowest BCUT2D eigenvalue weighted by Gasteiger charge is -2.16. The summed E-state index contributed by atoms with van der Waals surface area (Å²) in [5, 5.41) is 0. The van der Waals surface area contributed by atoms with Crippen molar-refractivity contribution in [2.45, 2.75) is 58.7 Å². The third-order valence-electron chi connectivity index (χ3n) is 6.72. The van der Waals surface area contributed by atoms with Crippen molar-refractivity contribution in [3.05, 3.63) is 93.5 Å². The molecule has 2 heterocycles. The van der Waals surface area contributed by atoms with Gasteiger partial charge in [-0.05, 0) is 129 Å². The van der Waals surface area contributed by atoms with Crippen molar-refractivity contribution in [1.82, 2.24) is 9.97 Å². The lowest BCUT2D eigenvalue weighted by Crippen LogP contribution is -2.14. The highest BCUT2D eigenvalue weighted by molar-refractivity contribution is 9.10. The second kappa shape index (κ2) is 15.3. The maximum Gasteiger partial charge on any atom is 0.343 e. The quantitative estimate of drug-likeness (QED) is 0.161. The third-order valence-corrected chi connectivity index (χ3v) is 7.32. The monoisotopic (exact) mass is 696 g/mol. The number of nitrogens with zero attached hydrogens (tertiary/aromatic N) is 2. The summed E-state index contributed by atoms with van der Waals surface area (Å²) in [7, 11) is 2.63. The zero-order valence-electron chi connectivity index (χ0n) is 26.4. The van der Waals surface area contributed by atoms with E-state index in [1.54, 1.807) is 30.3 Å². The molecule has 242 valence electrons.